The van der Waals surface area contributed by atoms with Crippen LogP contribution in [0, 0.1) is 0 Å². The first-order chi connectivity index (χ1) is 13.4. The molecule has 7 heteroatoms. The number of halogens is 2. The number of nitrogens with one attached hydrogen (secondary N) is 1. The van der Waals surface area contributed by atoms with Crippen LogP contribution < -0.4 is 19.5 Å². The topological polar surface area (TPSA) is 56.8 Å². The van der Waals surface area contributed by atoms with Gasteiger partial charge in [-0.25, -0.2) is 0 Å². The maximum absolute atomic E-state index is 12.2. The Bertz CT molecular complexity index is 842. The molecule has 0 aliphatic rings. The molecule has 0 bridgehead atoms. The Balaban J connectivity index is 2.04. The minimum absolute atomic E-state index is 0.101. The first-order valence-corrected chi connectivity index (χ1v) is 9.36. The van der Waals surface area contributed by atoms with E-state index in [2.05, 4.69) is 5.32 Å². The minimum Gasteiger partial charge on any atom is -0.493 e. The van der Waals surface area contributed by atoms with Gasteiger partial charge < -0.3 is 19.5 Å². The van der Waals surface area contributed by atoms with Crippen LogP contribution in [0.2, 0.25) is 10.0 Å². The Morgan fingerprint density at radius 1 is 1.07 bits per heavy atom. The third-order valence-corrected chi connectivity index (χ3v) is 4.63. The smallest absolute Gasteiger partial charge is 0.244 e. The standard InChI is InChI=1S/C21H23Cl2NO4/c1-13(9-15-6-7-16(22)12-17(15)23)24-20(25)8-5-14-10-18(26-2)21(28-4)19(11-14)27-3/h5-8,10-13H,9H2,1-4H3,(H,24,25)/b8-5+. The molecule has 0 aromatic heterocycles. The summed E-state index contributed by atoms with van der Waals surface area (Å²) in [7, 11) is 4.62. The van der Waals surface area contributed by atoms with Crippen LogP contribution in [-0.4, -0.2) is 33.3 Å². The lowest BCUT2D eigenvalue weighted by Crippen LogP contribution is -2.32. The van der Waals surface area contributed by atoms with Crippen molar-refractivity contribution in [2.45, 2.75) is 19.4 Å². The highest BCUT2D eigenvalue weighted by Crippen LogP contribution is 2.38. The van der Waals surface area contributed by atoms with Gasteiger partial charge in [0, 0.05) is 22.2 Å². The summed E-state index contributed by atoms with van der Waals surface area (Å²) in [5.41, 5.74) is 1.67. The molecule has 2 aromatic carbocycles. The highest BCUT2D eigenvalue weighted by molar-refractivity contribution is 6.35. The van der Waals surface area contributed by atoms with E-state index in [0.29, 0.717) is 33.7 Å². The van der Waals surface area contributed by atoms with E-state index >= 15 is 0 Å². The van der Waals surface area contributed by atoms with Gasteiger partial charge in [0.15, 0.2) is 11.5 Å². The van der Waals surface area contributed by atoms with Gasteiger partial charge in [-0.1, -0.05) is 29.3 Å². The SMILES string of the molecule is COc1cc(/C=C/C(=O)NC(C)Cc2ccc(Cl)cc2Cl)cc(OC)c1OC. The number of rotatable bonds is 8. The fourth-order valence-electron chi connectivity index (χ4n) is 2.73. The summed E-state index contributed by atoms with van der Waals surface area (Å²) < 4.78 is 15.9. The molecule has 5 nitrogen and oxygen atoms in total. The second-order valence-corrected chi connectivity index (χ2v) is 6.99. The van der Waals surface area contributed by atoms with Gasteiger partial charge in [0.05, 0.1) is 21.3 Å². The minimum atomic E-state index is -0.216. The second-order valence-electron chi connectivity index (χ2n) is 6.14. The van der Waals surface area contributed by atoms with Crippen LogP contribution in [0.25, 0.3) is 6.08 Å². The molecule has 0 radical (unpaired) electrons. The third kappa shape index (κ3) is 5.81. The number of carbonyl (C=O) groups excluding carboxylic acids is 1. The predicted molar refractivity (Wildman–Crippen MR) is 113 cm³/mol. The van der Waals surface area contributed by atoms with E-state index in [9.17, 15) is 4.79 Å². The highest BCUT2D eigenvalue weighted by Gasteiger charge is 2.13. The molecule has 1 N–H and O–H groups in total. The predicted octanol–water partition coefficient (Wildman–Crippen LogP) is 4.78. The van der Waals surface area contributed by atoms with Crippen molar-refractivity contribution in [3.63, 3.8) is 0 Å². The van der Waals surface area contributed by atoms with Crippen LogP contribution in [0.15, 0.2) is 36.4 Å². The van der Waals surface area contributed by atoms with E-state index in [-0.39, 0.29) is 11.9 Å². The maximum Gasteiger partial charge on any atom is 0.244 e. The number of amides is 1. The molecule has 0 heterocycles. The molecule has 0 saturated heterocycles. The largest absolute Gasteiger partial charge is 0.493 e. The van der Waals surface area contributed by atoms with Crippen LogP contribution in [-0.2, 0) is 11.2 Å². The summed E-state index contributed by atoms with van der Waals surface area (Å²) in [6.45, 7) is 1.91. The number of ether oxygens (including phenoxy) is 3. The Kier molecular flexibility index (Phi) is 8.03. The first kappa shape index (κ1) is 21.9. The normalized spacial score (nSPS) is 11.9. The number of hydrogen-bond acceptors (Lipinski definition) is 4. The molecule has 0 fully saturated rings. The van der Waals surface area contributed by atoms with Crippen molar-refractivity contribution >= 4 is 35.2 Å². The molecule has 2 rings (SSSR count). The second kappa shape index (κ2) is 10.2. The van der Waals surface area contributed by atoms with Gasteiger partial charge in [-0.3, -0.25) is 4.79 Å². The number of carbonyl (C=O) groups is 1. The van der Waals surface area contributed by atoms with E-state index in [1.165, 1.54) is 13.2 Å². The number of methoxy groups -OCH3 is 3. The van der Waals surface area contributed by atoms with E-state index in [1.807, 2.05) is 13.0 Å². The number of benzene rings is 2. The summed E-state index contributed by atoms with van der Waals surface area (Å²) in [6, 6.07) is 8.76. The van der Waals surface area contributed by atoms with Crippen LogP contribution in [0.3, 0.4) is 0 Å². The molecule has 2 aromatic rings. The Labute approximate surface area is 175 Å². The summed E-state index contributed by atoms with van der Waals surface area (Å²) in [5, 5.41) is 4.08. The zero-order valence-corrected chi connectivity index (χ0v) is 17.7. The fourth-order valence-corrected chi connectivity index (χ4v) is 3.21. The summed E-state index contributed by atoms with van der Waals surface area (Å²) in [5.74, 6) is 1.33. The van der Waals surface area contributed by atoms with Crippen LogP contribution in [0.4, 0.5) is 0 Å². The lowest BCUT2D eigenvalue weighted by molar-refractivity contribution is -0.117. The summed E-state index contributed by atoms with van der Waals surface area (Å²) >= 11 is 12.1. The monoisotopic (exact) mass is 423 g/mol. The van der Waals surface area contributed by atoms with Gasteiger partial charge in [0.1, 0.15) is 0 Å². The summed E-state index contributed by atoms with van der Waals surface area (Å²) in [4.78, 5) is 12.2. The molecule has 1 atom stereocenters. The molecule has 0 saturated carbocycles. The van der Waals surface area contributed by atoms with Gasteiger partial charge in [-0.15, -0.1) is 0 Å². The van der Waals surface area contributed by atoms with Gasteiger partial charge in [0.2, 0.25) is 11.7 Å². The Morgan fingerprint density at radius 2 is 1.71 bits per heavy atom. The lowest BCUT2D eigenvalue weighted by atomic mass is 10.1. The molecule has 1 amide bonds. The van der Waals surface area contributed by atoms with E-state index < -0.39 is 0 Å². The van der Waals surface area contributed by atoms with Crippen molar-refractivity contribution in [3.8, 4) is 17.2 Å². The van der Waals surface area contributed by atoms with Crippen LogP contribution in [0.1, 0.15) is 18.1 Å². The van der Waals surface area contributed by atoms with Crippen molar-refractivity contribution in [1.82, 2.24) is 5.32 Å². The summed E-state index contributed by atoms with van der Waals surface area (Å²) in [6.07, 6.45) is 3.74. The zero-order valence-electron chi connectivity index (χ0n) is 16.2. The average molecular weight is 424 g/mol. The number of hydrogen-bond donors (Lipinski definition) is 1. The van der Waals surface area contributed by atoms with Crippen molar-refractivity contribution in [2.24, 2.45) is 0 Å². The fraction of sp³-hybridized carbons (Fsp3) is 0.286. The van der Waals surface area contributed by atoms with Crippen molar-refractivity contribution in [2.75, 3.05) is 21.3 Å². The maximum atomic E-state index is 12.2. The zero-order chi connectivity index (χ0) is 20.7. The molecule has 0 aliphatic carbocycles. The molecule has 150 valence electrons. The Hall–Kier alpha value is -2.37. The highest BCUT2D eigenvalue weighted by atomic mass is 35.5. The van der Waals surface area contributed by atoms with Crippen molar-refractivity contribution in [1.29, 1.82) is 0 Å². The third-order valence-electron chi connectivity index (χ3n) is 4.04. The van der Waals surface area contributed by atoms with E-state index in [1.54, 1.807) is 44.6 Å². The van der Waals surface area contributed by atoms with E-state index in [4.69, 9.17) is 37.4 Å². The average Bonchev–Trinajstić information content (AvgIpc) is 2.67. The Morgan fingerprint density at radius 3 is 2.25 bits per heavy atom. The van der Waals surface area contributed by atoms with Crippen LogP contribution in [0.5, 0.6) is 17.2 Å². The van der Waals surface area contributed by atoms with E-state index in [0.717, 1.165) is 11.1 Å². The van der Waals surface area contributed by atoms with Gasteiger partial charge in [-0.2, -0.15) is 0 Å². The first-order valence-electron chi connectivity index (χ1n) is 8.60. The van der Waals surface area contributed by atoms with Crippen molar-refractivity contribution < 1.29 is 19.0 Å². The lowest BCUT2D eigenvalue weighted by Gasteiger charge is -2.14. The quantitative estimate of drug-likeness (QED) is 0.620. The molecule has 0 spiro atoms. The van der Waals surface area contributed by atoms with Crippen molar-refractivity contribution in [3.05, 3.63) is 57.6 Å². The molecule has 0 aliphatic heterocycles. The molecule has 1 unspecified atom stereocenters. The van der Waals surface area contributed by atoms with Gasteiger partial charge >= 0.3 is 0 Å². The molecular formula is C21H23Cl2NO4. The van der Waals surface area contributed by atoms with Gasteiger partial charge in [0.25, 0.3) is 0 Å². The molecule has 28 heavy (non-hydrogen) atoms. The van der Waals surface area contributed by atoms with Crippen LogP contribution >= 0.6 is 23.2 Å². The molecular weight excluding hydrogens is 401 g/mol. The van der Waals surface area contributed by atoms with Gasteiger partial charge in [-0.05, 0) is 54.8 Å².